The number of aryl methyl sites for hydroxylation is 1. The maximum absolute atomic E-state index is 11.9. The summed E-state index contributed by atoms with van der Waals surface area (Å²) in [7, 11) is 0. The molecule has 0 saturated carbocycles. The Kier molecular flexibility index (Phi) is 7.55. The fraction of sp³-hybridized carbons (Fsp3) is 0.385. The second-order valence-electron chi connectivity index (χ2n) is 4.37. The van der Waals surface area contributed by atoms with Crippen LogP contribution in [0.2, 0.25) is 0 Å². The third-order valence-electron chi connectivity index (χ3n) is 2.64. The van der Waals surface area contributed by atoms with E-state index >= 15 is 0 Å². The highest BCUT2D eigenvalue weighted by Gasteiger charge is 2.20. The number of rotatable bonds is 6. The Labute approximate surface area is 144 Å². The fourth-order valence-corrected chi connectivity index (χ4v) is 3.71. The van der Waals surface area contributed by atoms with Crippen molar-refractivity contribution < 1.29 is 14.7 Å². The number of hydrogen-bond acceptors (Lipinski definition) is 3. The number of halogens is 2. The molecule has 0 saturated heterocycles. The van der Waals surface area contributed by atoms with Crippen molar-refractivity contribution in [1.82, 2.24) is 5.32 Å². The number of carboxylic acids is 1. The van der Waals surface area contributed by atoms with Gasteiger partial charge in [-0.2, -0.15) is 11.8 Å². The first kappa shape index (κ1) is 18.3. The summed E-state index contributed by atoms with van der Waals surface area (Å²) in [6, 6.07) is 2.28. The maximum Gasteiger partial charge on any atom is 0.326 e. The number of carboxylic acid groups (broad SMARTS) is 1. The Bertz CT molecular complexity index is 517. The Hall–Kier alpha value is -0.730. The molecule has 0 aromatic heterocycles. The summed E-state index contributed by atoms with van der Waals surface area (Å²) in [6.45, 7) is 1.93. The van der Waals surface area contributed by atoms with Gasteiger partial charge in [0.25, 0.3) is 0 Å². The predicted molar refractivity (Wildman–Crippen MR) is 93.2 cm³/mol. The molecule has 0 radical (unpaired) electrons. The van der Waals surface area contributed by atoms with Gasteiger partial charge < -0.3 is 15.7 Å². The first-order valence-corrected chi connectivity index (χ1v) is 9.08. The summed E-state index contributed by atoms with van der Waals surface area (Å²) < 4.78 is 1.45. The summed E-state index contributed by atoms with van der Waals surface area (Å²) in [6.07, 6.45) is 2.26. The summed E-state index contributed by atoms with van der Waals surface area (Å²) in [5.41, 5.74) is 1.59. The van der Waals surface area contributed by atoms with Gasteiger partial charge in [-0.25, -0.2) is 9.59 Å². The quantitative estimate of drug-likeness (QED) is 0.628. The highest BCUT2D eigenvalue weighted by Crippen LogP contribution is 2.32. The Morgan fingerprint density at radius 2 is 1.90 bits per heavy atom. The van der Waals surface area contributed by atoms with Crippen molar-refractivity contribution in [1.29, 1.82) is 0 Å². The Balaban J connectivity index is 2.74. The molecule has 0 aliphatic rings. The largest absolute Gasteiger partial charge is 0.480 e. The van der Waals surface area contributed by atoms with Crippen molar-refractivity contribution in [3.63, 3.8) is 0 Å². The van der Waals surface area contributed by atoms with E-state index in [1.54, 1.807) is 0 Å². The molecule has 0 aliphatic carbocycles. The van der Waals surface area contributed by atoms with Gasteiger partial charge in [0, 0.05) is 8.95 Å². The average Bonchev–Trinajstić information content (AvgIpc) is 2.38. The standard InChI is InChI=1S/C13H16Br2N2O3S/c1-7-5-8(14)11(9(15)6-7)17-13(20)16-10(12(18)19)3-4-21-2/h5-6,10H,3-4H2,1-2H3,(H,18,19)(H2,16,17,20)/t10-/m0/s1. The van der Waals surface area contributed by atoms with Gasteiger partial charge in [0.2, 0.25) is 0 Å². The minimum absolute atomic E-state index is 0.375. The van der Waals surface area contributed by atoms with Crippen LogP contribution in [-0.2, 0) is 4.79 Å². The number of hydrogen-bond donors (Lipinski definition) is 3. The van der Waals surface area contributed by atoms with Crippen LogP contribution < -0.4 is 10.6 Å². The molecule has 116 valence electrons. The number of carbonyl (C=O) groups is 2. The molecule has 0 spiro atoms. The third kappa shape index (κ3) is 5.88. The van der Waals surface area contributed by atoms with Gasteiger partial charge in [-0.05, 0) is 74.9 Å². The van der Waals surface area contributed by atoms with Crippen LogP contribution in [0.1, 0.15) is 12.0 Å². The number of thioether (sulfide) groups is 1. The summed E-state index contributed by atoms with van der Waals surface area (Å²) in [5, 5.41) is 14.2. The molecule has 0 unspecified atom stereocenters. The van der Waals surface area contributed by atoms with E-state index in [2.05, 4.69) is 42.5 Å². The molecular formula is C13H16Br2N2O3S. The number of carbonyl (C=O) groups excluding carboxylic acids is 1. The van der Waals surface area contributed by atoms with E-state index in [4.69, 9.17) is 5.11 Å². The zero-order chi connectivity index (χ0) is 16.0. The van der Waals surface area contributed by atoms with Crippen molar-refractivity contribution in [2.75, 3.05) is 17.3 Å². The second kappa shape index (κ2) is 8.65. The first-order valence-electron chi connectivity index (χ1n) is 6.10. The second-order valence-corrected chi connectivity index (χ2v) is 7.07. The number of urea groups is 1. The van der Waals surface area contributed by atoms with E-state index in [1.165, 1.54) is 11.8 Å². The van der Waals surface area contributed by atoms with Crippen molar-refractivity contribution in [3.8, 4) is 0 Å². The maximum atomic E-state index is 11.9. The van der Waals surface area contributed by atoms with E-state index in [0.29, 0.717) is 17.9 Å². The lowest BCUT2D eigenvalue weighted by Crippen LogP contribution is -2.43. The smallest absolute Gasteiger partial charge is 0.326 e. The summed E-state index contributed by atoms with van der Waals surface area (Å²) >= 11 is 8.28. The van der Waals surface area contributed by atoms with Crippen LogP contribution in [0.4, 0.5) is 10.5 Å². The molecular weight excluding hydrogens is 424 g/mol. The van der Waals surface area contributed by atoms with Gasteiger partial charge in [-0.15, -0.1) is 0 Å². The van der Waals surface area contributed by atoms with Crippen molar-refractivity contribution in [2.24, 2.45) is 0 Å². The van der Waals surface area contributed by atoms with Crippen LogP contribution in [0.25, 0.3) is 0 Å². The van der Waals surface area contributed by atoms with Crippen LogP contribution in [0, 0.1) is 6.92 Å². The molecule has 0 bridgehead atoms. The predicted octanol–water partition coefficient (Wildman–Crippen LogP) is 3.85. The number of anilines is 1. The van der Waals surface area contributed by atoms with Crippen molar-refractivity contribution in [2.45, 2.75) is 19.4 Å². The van der Waals surface area contributed by atoms with E-state index in [1.807, 2.05) is 25.3 Å². The van der Waals surface area contributed by atoms with Crippen molar-refractivity contribution in [3.05, 3.63) is 26.6 Å². The summed E-state index contributed by atoms with van der Waals surface area (Å²) in [5.74, 6) is -0.379. The van der Waals surface area contributed by atoms with Gasteiger partial charge in [0.1, 0.15) is 6.04 Å². The fourth-order valence-electron chi connectivity index (χ4n) is 1.62. The average molecular weight is 440 g/mol. The molecule has 1 aromatic carbocycles. The zero-order valence-electron chi connectivity index (χ0n) is 11.6. The monoisotopic (exact) mass is 438 g/mol. The number of benzene rings is 1. The minimum Gasteiger partial charge on any atom is -0.480 e. The van der Waals surface area contributed by atoms with E-state index in [9.17, 15) is 9.59 Å². The van der Waals surface area contributed by atoms with Gasteiger partial charge in [0.05, 0.1) is 5.69 Å². The molecule has 0 aliphatic heterocycles. The first-order chi connectivity index (χ1) is 9.85. The molecule has 2 amide bonds. The molecule has 3 N–H and O–H groups in total. The topological polar surface area (TPSA) is 78.4 Å². The molecule has 0 heterocycles. The van der Waals surface area contributed by atoms with Crippen LogP contribution in [0.3, 0.4) is 0 Å². The van der Waals surface area contributed by atoms with Crippen LogP contribution in [0.5, 0.6) is 0 Å². The Morgan fingerprint density at radius 3 is 2.38 bits per heavy atom. The van der Waals surface area contributed by atoms with Gasteiger partial charge in [-0.3, -0.25) is 0 Å². The third-order valence-corrected chi connectivity index (χ3v) is 4.53. The molecule has 1 rings (SSSR count). The molecule has 0 fully saturated rings. The molecule has 8 heteroatoms. The van der Waals surface area contributed by atoms with Crippen LogP contribution >= 0.6 is 43.6 Å². The van der Waals surface area contributed by atoms with E-state index in [0.717, 1.165) is 14.5 Å². The molecule has 5 nitrogen and oxygen atoms in total. The molecule has 1 atom stereocenters. The zero-order valence-corrected chi connectivity index (χ0v) is 15.6. The summed E-state index contributed by atoms with van der Waals surface area (Å²) in [4.78, 5) is 23.0. The Morgan fingerprint density at radius 1 is 1.33 bits per heavy atom. The number of nitrogens with one attached hydrogen (secondary N) is 2. The van der Waals surface area contributed by atoms with E-state index in [-0.39, 0.29) is 0 Å². The van der Waals surface area contributed by atoms with Gasteiger partial charge in [-0.1, -0.05) is 0 Å². The molecule has 21 heavy (non-hydrogen) atoms. The lowest BCUT2D eigenvalue weighted by Gasteiger charge is -2.16. The number of amides is 2. The van der Waals surface area contributed by atoms with Gasteiger partial charge >= 0.3 is 12.0 Å². The highest BCUT2D eigenvalue weighted by atomic mass is 79.9. The van der Waals surface area contributed by atoms with Crippen LogP contribution in [-0.4, -0.2) is 35.2 Å². The van der Waals surface area contributed by atoms with Crippen LogP contribution in [0.15, 0.2) is 21.1 Å². The highest BCUT2D eigenvalue weighted by molar-refractivity contribution is 9.11. The van der Waals surface area contributed by atoms with E-state index < -0.39 is 18.0 Å². The normalized spacial score (nSPS) is 11.8. The lowest BCUT2D eigenvalue weighted by atomic mass is 10.2. The SMILES string of the molecule is CSCC[C@H](NC(=O)Nc1c(Br)cc(C)cc1Br)C(=O)O. The van der Waals surface area contributed by atoms with Gasteiger partial charge in [0.15, 0.2) is 0 Å². The number of aliphatic carboxylic acids is 1. The molecule has 1 aromatic rings. The lowest BCUT2D eigenvalue weighted by molar-refractivity contribution is -0.139. The minimum atomic E-state index is -1.04. The van der Waals surface area contributed by atoms with Crippen molar-refractivity contribution >= 4 is 61.3 Å².